The Hall–Kier alpha value is -7.04. The summed E-state index contributed by atoms with van der Waals surface area (Å²) in [5.74, 6) is 0.337. The van der Waals surface area contributed by atoms with Crippen LogP contribution in [0.1, 0.15) is 20.7 Å². The second-order valence-electron chi connectivity index (χ2n) is 11.5. The number of non-ortho nitro benzene ring substituents is 2. The highest BCUT2D eigenvalue weighted by atomic mass is 32.2. The smallest absolute Gasteiger partial charge is 0.269 e. The van der Waals surface area contributed by atoms with Gasteiger partial charge in [0.2, 0.25) is 0 Å². The van der Waals surface area contributed by atoms with Crippen LogP contribution in [-0.4, -0.2) is 35.9 Å². The van der Waals surface area contributed by atoms with Gasteiger partial charge in [0.15, 0.2) is 0 Å². The molecule has 56 heavy (non-hydrogen) atoms. The number of nitrogens with one attached hydrogen (secondary N) is 2. The summed E-state index contributed by atoms with van der Waals surface area (Å²) in [6, 6.07) is 36.7. The molecule has 0 saturated heterocycles. The number of nitrogens with two attached hydrogens (primary N) is 2. The molecule has 0 aliphatic rings. The maximum atomic E-state index is 12.9. The number of nitro benzene ring substituents is 2. The average Bonchev–Trinajstić information content (AvgIpc) is 3.19. The fourth-order valence-electron chi connectivity index (χ4n) is 5.14. The van der Waals surface area contributed by atoms with Crippen LogP contribution < -0.4 is 31.6 Å². The molecule has 0 fully saturated rings. The van der Waals surface area contributed by atoms with Gasteiger partial charge >= 0.3 is 0 Å². The summed E-state index contributed by atoms with van der Waals surface area (Å²) in [7, 11) is 3.05. The minimum absolute atomic E-state index is 0.00562. The van der Waals surface area contributed by atoms with Crippen LogP contribution in [0.5, 0.6) is 11.5 Å². The topological polar surface area (TPSA) is 215 Å². The Bertz CT molecular complexity index is 2210. The van der Waals surface area contributed by atoms with Crippen molar-refractivity contribution in [1.29, 1.82) is 0 Å². The first-order valence-corrected chi connectivity index (χ1v) is 18.1. The molecule has 6 rings (SSSR count). The molecule has 0 unspecified atom stereocenters. The first-order valence-electron chi connectivity index (χ1n) is 16.5. The molecule has 6 aromatic carbocycles. The normalized spacial score (nSPS) is 10.3. The fourth-order valence-corrected chi connectivity index (χ4v) is 7.11. The minimum Gasteiger partial charge on any atom is -0.495 e. The lowest BCUT2D eigenvalue weighted by molar-refractivity contribution is -0.385. The van der Waals surface area contributed by atoms with Crippen molar-refractivity contribution < 1.29 is 28.9 Å². The highest BCUT2D eigenvalue weighted by molar-refractivity contribution is 7.99. The van der Waals surface area contributed by atoms with E-state index in [0.717, 1.165) is 9.79 Å². The van der Waals surface area contributed by atoms with Crippen LogP contribution in [0.15, 0.2) is 153 Å². The molecule has 2 amide bonds. The highest BCUT2D eigenvalue weighted by Gasteiger charge is 2.20. The number of anilines is 4. The van der Waals surface area contributed by atoms with Crippen LogP contribution in [0, 0.1) is 20.2 Å². The monoisotopic (exact) mass is 790 g/mol. The number of nitrogens with zero attached hydrogens (tertiary/aromatic N) is 2. The van der Waals surface area contributed by atoms with Gasteiger partial charge in [-0.25, -0.2) is 0 Å². The van der Waals surface area contributed by atoms with E-state index in [2.05, 4.69) is 10.6 Å². The predicted molar refractivity (Wildman–Crippen MR) is 218 cm³/mol. The zero-order valence-corrected chi connectivity index (χ0v) is 31.5. The summed E-state index contributed by atoms with van der Waals surface area (Å²) in [4.78, 5) is 49.3. The predicted octanol–water partition coefficient (Wildman–Crippen LogP) is 9.18. The van der Waals surface area contributed by atoms with Crippen LogP contribution >= 0.6 is 23.5 Å². The maximum Gasteiger partial charge on any atom is 0.269 e. The van der Waals surface area contributed by atoms with Gasteiger partial charge in [0.1, 0.15) is 11.5 Å². The molecule has 0 atom stereocenters. The number of carbonyl (C=O) groups is 2. The van der Waals surface area contributed by atoms with Crippen molar-refractivity contribution in [1.82, 2.24) is 0 Å². The number of benzene rings is 6. The largest absolute Gasteiger partial charge is 0.495 e. The molecule has 0 aliphatic carbocycles. The molecule has 0 heterocycles. The first kappa shape index (κ1) is 40.2. The summed E-state index contributed by atoms with van der Waals surface area (Å²) in [5, 5.41) is 27.3. The molecule has 0 aliphatic heterocycles. The summed E-state index contributed by atoms with van der Waals surface area (Å²) in [6.45, 7) is 0. The quantitative estimate of drug-likeness (QED) is 0.0519. The van der Waals surface area contributed by atoms with Crippen LogP contribution in [0.2, 0.25) is 0 Å². The van der Waals surface area contributed by atoms with Gasteiger partial charge in [0.05, 0.1) is 46.6 Å². The Morgan fingerprint density at radius 1 is 0.536 bits per heavy atom. The molecule has 284 valence electrons. The first-order chi connectivity index (χ1) is 27.0. The average molecular weight is 791 g/mol. The molecule has 14 nitrogen and oxygen atoms in total. The van der Waals surface area contributed by atoms with Crippen LogP contribution in [0.25, 0.3) is 0 Å². The second kappa shape index (κ2) is 18.8. The number of ether oxygens (including phenoxy) is 2. The van der Waals surface area contributed by atoms with Crippen molar-refractivity contribution in [2.24, 2.45) is 0 Å². The SMILES string of the molecule is COc1ccccc1NC(=O)c1c(N)cccc1Sc1ccc([N+](=O)[O-])cc1.COc1ccccc1NC(=O)c1c(N)cccc1Sc1ccc([N+](=O)[O-])cc1. The molecular weight excluding hydrogens is 757 g/mol. The third-order valence-electron chi connectivity index (χ3n) is 7.83. The van der Waals surface area contributed by atoms with Crippen molar-refractivity contribution in [2.45, 2.75) is 19.6 Å². The lowest BCUT2D eigenvalue weighted by atomic mass is 10.1. The van der Waals surface area contributed by atoms with E-state index >= 15 is 0 Å². The Labute approximate surface area is 329 Å². The number of nitro groups is 2. The summed E-state index contributed by atoms with van der Waals surface area (Å²) >= 11 is 2.61. The van der Waals surface area contributed by atoms with Gasteiger partial charge < -0.3 is 31.6 Å². The molecule has 0 spiro atoms. The number of rotatable bonds is 12. The third-order valence-corrected chi connectivity index (χ3v) is 9.97. The van der Waals surface area contributed by atoms with Crippen LogP contribution in [0.3, 0.4) is 0 Å². The summed E-state index contributed by atoms with van der Waals surface area (Å²) < 4.78 is 10.5. The van der Waals surface area contributed by atoms with E-state index in [1.54, 1.807) is 109 Å². The van der Waals surface area contributed by atoms with Crippen molar-refractivity contribution in [3.05, 3.63) is 165 Å². The van der Waals surface area contributed by atoms with E-state index in [1.807, 2.05) is 0 Å². The van der Waals surface area contributed by atoms with Crippen LogP contribution in [-0.2, 0) is 0 Å². The minimum atomic E-state index is -0.457. The maximum absolute atomic E-state index is 12.9. The lowest BCUT2D eigenvalue weighted by Gasteiger charge is -2.14. The van der Waals surface area contributed by atoms with E-state index in [4.69, 9.17) is 20.9 Å². The van der Waals surface area contributed by atoms with Gasteiger partial charge in [-0.1, -0.05) is 59.9 Å². The number of methoxy groups -OCH3 is 2. The molecule has 0 radical (unpaired) electrons. The highest BCUT2D eigenvalue weighted by Crippen LogP contribution is 2.36. The van der Waals surface area contributed by atoms with E-state index in [-0.39, 0.29) is 23.2 Å². The standard InChI is InChI=1S/2C20H17N3O4S/c2*1-27-17-7-3-2-6-16(17)22-20(24)19-15(21)5-4-8-18(19)28-14-11-9-13(10-12-14)23(25)26/h2*2-12H,21H2,1H3,(H,22,24). The van der Waals surface area contributed by atoms with E-state index in [1.165, 1.54) is 62.0 Å². The van der Waals surface area contributed by atoms with Gasteiger partial charge in [-0.2, -0.15) is 0 Å². The second-order valence-corrected chi connectivity index (χ2v) is 13.7. The third kappa shape index (κ3) is 10.1. The summed E-state index contributed by atoms with van der Waals surface area (Å²) in [5.41, 5.74) is 14.5. The van der Waals surface area contributed by atoms with Gasteiger partial charge in [-0.05, 0) is 72.8 Å². The van der Waals surface area contributed by atoms with Crippen molar-refractivity contribution in [2.75, 3.05) is 36.3 Å². The van der Waals surface area contributed by atoms with Crippen molar-refractivity contribution in [3.8, 4) is 11.5 Å². The summed E-state index contributed by atoms with van der Waals surface area (Å²) in [6.07, 6.45) is 0. The van der Waals surface area contributed by atoms with Gasteiger partial charge in [0, 0.05) is 55.2 Å². The van der Waals surface area contributed by atoms with Crippen molar-refractivity contribution >= 4 is 69.5 Å². The Morgan fingerprint density at radius 2 is 0.893 bits per heavy atom. The molecule has 16 heteroatoms. The number of hydrogen-bond donors (Lipinski definition) is 4. The molecule has 6 aromatic rings. The number of para-hydroxylation sites is 4. The number of amides is 2. The van der Waals surface area contributed by atoms with E-state index in [0.29, 0.717) is 55.2 Å². The fraction of sp³-hybridized carbons (Fsp3) is 0.0500. The molecule has 0 aromatic heterocycles. The molecular formula is C40H34N6O8S2. The van der Waals surface area contributed by atoms with E-state index in [9.17, 15) is 29.8 Å². The van der Waals surface area contributed by atoms with E-state index < -0.39 is 9.85 Å². The van der Waals surface area contributed by atoms with Gasteiger partial charge in [0.25, 0.3) is 23.2 Å². The number of carbonyl (C=O) groups excluding carboxylic acids is 2. The zero-order chi connectivity index (χ0) is 40.2. The Morgan fingerprint density at radius 3 is 1.23 bits per heavy atom. The number of nitrogen functional groups attached to an aromatic ring is 2. The Balaban J connectivity index is 0.000000214. The molecule has 6 N–H and O–H groups in total. The molecule has 0 saturated carbocycles. The Kier molecular flexibility index (Phi) is 13.5. The molecule has 0 bridgehead atoms. The van der Waals surface area contributed by atoms with Crippen molar-refractivity contribution in [3.63, 3.8) is 0 Å². The van der Waals surface area contributed by atoms with Gasteiger partial charge in [-0.15, -0.1) is 0 Å². The van der Waals surface area contributed by atoms with Gasteiger partial charge in [-0.3, -0.25) is 29.8 Å². The zero-order valence-electron chi connectivity index (χ0n) is 29.8. The van der Waals surface area contributed by atoms with Crippen LogP contribution in [0.4, 0.5) is 34.1 Å². The number of hydrogen-bond acceptors (Lipinski definition) is 12. The lowest BCUT2D eigenvalue weighted by Crippen LogP contribution is -2.15.